The van der Waals surface area contributed by atoms with E-state index in [2.05, 4.69) is 5.32 Å². The lowest BCUT2D eigenvalue weighted by Crippen LogP contribution is -2.54. The molecule has 1 unspecified atom stereocenters. The molecule has 1 aliphatic rings. The van der Waals surface area contributed by atoms with Crippen molar-refractivity contribution in [3.63, 3.8) is 0 Å². The maximum Gasteiger partial charge on any atom is 0.326 e. The Labute approximate surface area is 110 Å². The average molecular weight is 273 g/mol. The second-order valence-electron chi connectivity index (χ2n) is 4.97. The van der Waals surface area contributed by atoms with E-state index in [0.717, 1.165) is 4.90 Å². The third kappa shape index (κ3) is 3.57. The molecule has 0 radical (unpaired) electrons. The van der Waals surface area contributed by atoms with Gasteiger partial charge in [-0.3, -0.25) is 4.79 Å². The number of primary amides is 1. The normalized spacial score (nSPS) is 24.3. The first kappa shape index (κ1) is 15.2. The van der Waals surface area contributed by atoms with Crippen molar-refractivity contribution in [2.24, 2.45) is 11.7 Å². The molecular weight excluding hydrogens is 254 g/mol. The average Bonchev–Trinajstić information content (AvgIpc) is 2.67. The highest BCUT2D eigenvalue weighted by Crippen LogP contribution is 2.18. The Bertz CT molecular complexity index is 385. The number of carbonyl (C=O) groups is 3. The van der Waals surface area contributed by atoms with Crippen molar-refractivity contribution < 1.29 is 24.6 Å². The van der Waals surface area contributed by atoms with Crippen LogP contribution >= 0.6 is 0 Å². The molecule has 1 fully saturated rings. The number of carboxylic acid groups (broad SMARTS) is 1. The van der Waals surface area contributed by atoms with Crippen LogP contribution in [0.25, 0.3) is 0 Å². The van der Waals surface area contributed by atoms with Gasteiger partial charge in [0.2, 0.25) is 5.91 Å². The third-order valence-corrected chi connectivity index (χ3v) is 3.08. The number of nitrogens with two attached hydrogens (primary N) is 1. The second kappa shape index (κ2) is 5.87. The van der Waals surface area contributed by atoms with Crippen molar-refractivity contribution >= 4 is 17.9 Å². The molecule has 3 amide bonds. The van der Waals surface area contributed by atoms with Gasteiger partial charge in [0, 0.05) is 13.0 Å². The minimum Gasteiger partial charge on any atom is -0.480 e. The van der Waals surface area contributed by atoms with Gasteiger partial charge in [0.1, 0.15) is 12.1 Å². The Hall–Kier alpha value is -1.83. The van der Waals surface area contributed by atoms with Crippen molar-refractivity contribution in [1.29, 1.82) is 0 Å². The van der Waals surface area contributed by atoms with Gasteiger partial charge in [0.25, 0.3) is 0 Å². The summed E-state index contributed by atoms with van der Waals surface area (Å²) in [6.07, 6.45) is -0.899. The topological polar surface area (TPSA) is 133 Å². The van der Waals surface area contributed by atoms with E-state index in [1.165, 1.54) is 0 Å². The summed E-state index contributed by atoms with van der Waals surface area (Å²) in [6.45, 7) is 3.35. The Balaban J connectivity index is 2.76. The van der Waals surface area contributed by atoms with Gasteiger partial charge in [0.15, 0.2) is 0 Å². The van der Waals surface area contributed by atoms with Gasteiger partial charge in [-0.05, 0) is 5.92 Å². The van der Waals surface area contributed by atoms with Crippen LogP contribution in [0.15, 0.2) is 0 Å². The van der Waals surface area contributed by atoms with Crippen LogP contribution in [-0.2, 0) is 9.59 Å². The molecule has 0 spiro atoms. The molecule has 3 atom stereocenters. The minimum absolute atomic E-state index is 0.0222. The quantitative estimate of drug-likeness (QED) is 0.506. The number of carboxylic acids is 1. The molecule has 1 heterocycles. The summed E-state index contributed by atoms with van der Waals surface area (Å²) in [5.74, 6) is -2.08. The number of hydrogen-bond acceptors (Lipinski definition) is 4. The van der Waals surface area contributed by atoms with E-state index in [-0.39, 0.29) is 18.9 Å². The van der Waals surface area contributed by atoms with Crippen LogP contribution in [0.2, 0.25) is 0 Å². The number of aliphatic hydroxyl groups excluding tert-OH is 1. The summed E-state index contributed by atoms with van der Waals surface area (Å²) in [4.78, 5) is 35.1. The SMILES string of the molecule is CC(C)C(NC(=O)N1C[C@@H](O)C[C@H]1C(=O)O)C(N)=O. The van der Waals surface area contributed by atoms with Gasteiger partial charge in [-0.25, -0.2) is 9.59 Å². The molecular formula is C11H19N3O5. The van der Waals surface area contributed by atoms with Gasteiger partial charge in [0.05, 0.1) is 6.10 Å². The summed E-state index contributed by atoms with van der Waals surface area (Å²) in [6, 6.07) is -2.67. The summed E-state index contributed by atoms with van der Waals surface area (Å²) in [5, 5.41) is 20.8. The highest BCUT2D eigenvalue weighted by Gasteiger charge is 2.40. The lowest BCUT2D eigenvalue weighted by molar-refractivity contribution is -0.141. The fraction of sp³-hybridized carbons (Fsp3) is 0.727. The first-order valence-corrected chi connectivity index (χ1v) is 6.01. The summed E-state index contributed by atoms with van der Waals surface area (Å²) in [5.41, 5.74) is 5.17. The Kier molecular flexibility index (Phi) is 4.71. The molecule has 0 aromatic carbocycles. The molecule has 0 aromatic rings. The predicted molar refractivity (Wildman–Crippen MR) is 65.1 cm³/mol. The molecule has 0 aliphatic carbocycles. The molecule has 5 N–H and O–H groups in total. The Morgan fingerprint density at radius 3 is 2.37 bits per heavy atom. The zero-order valence-corrected chi connectivity index (χ0v) is 10.9. The van der Waals surface area contributed by atoms with E-state index in [1.807, 2.05) is 0 Å². The number of urea groups is 1. The molecule has 108 valence electrons. The summed E-state index contributed by atoms with van der Waals surface area (Å²) in [7, 11) is 0. The number of nitrogens with one attached hydrogen (secondary N) is 1. The Morgan fingerprint density at radius 1 is 1.37 bits per heavy atom. The van der Waals surface area contributed by atoms with Gasteiger partial charge < -0.3 is 26.2 Å². The third-order valence-electron chi connectivity index (χ3n) is 3.08. The molecule has 19 heavy (non-hydrogen) atoms. The zero-order valence-electron chi connectivity index (χ0n) is 10.9. The van der Waals surface area contributed by atoms with Crippen molar-refractivity contribution in [1.82, 2.24) is 10.2 Å². The highest BCUT2D eigenvalue weighted by molar-refractivity contribution is 5.88. The lowest BCUT2D eigenvalue weighted by atomic mass is 10.0. The number of likely N-dealkylation sites (tertiary alicyclic amines) is 1. The van der Waals surface area contributed by atoms with Crippen molar-refractivity contribution in [2.45, 2.75) is 38.5 Å². The van der Waals surface area contributed by atoms with E-state index in [1.54, 1.807) is 13.8 Å². The smallest absolute Gasteiger partial charge is 0.326 e. The van der Waals surface area contributed by atoms with Gasteiger partial charge in [-0.2, -0.15) is 0 Å². The van der Waals surface area contributed by atoms with Crippen molar-refractivity contribution in [3.8, 4) is 0 Å². The standard InChI is InChI=1S/C11H19N3O5/c1-5(2)8(9(12)16)13-11(19)14-4-6(15)3-7(14)10(17)18/h5-8,15H,3-4H2,1-2H3,(H2,12,16)(H,13,19)(H,17,18)/t6-,7-,8?/m0/s1. The number of carbonyl (C=O) groups excluding carboxylic acids is 2. The first-order valence-electron chi connectivity index (χ1n) is 6.01. The van der Waals surface area contributed by atoms with Gasteiger partial charge in [-0.1, -0.05) is 13.8 Å². The largest absolute Gasteiger partial charge is 0.480 e. The number of aliphatic hydroxyl groups is 1. The van der Waals surface area contributed by atoms with E-state index < -0.39 is 36.1 Å². The zero-order chi connectivity index (χ0) is 14.7. The molecule has 1 rings (SSSR count). The van der Waals surface area contributed by atoms with E-state index in [9.17, 15) is 19.5 Å². The fourth-order valence-corrected chi connectivity index (χ4v) is 2.05. The van der Waals surface area contributed by atoms with E-state index in [4.69, 9.17) is 10.8 Å². The molecule has 1 aliphatic heterocycles. The first-order chi connectivity index (χ1) is 8.73. The molecule has 0 bridgehead atoms. The minimum atomic E-state index is -1.19. The number of rotatable bonds is 4. The van der Waals surface area contributed by atoms with Crippen LogP contribution in [0.4, 0.5) is 4.79 Å². The maximum atomic E-state index is 12.0. The number of nitrogens with zero attached hydrogens (tertiary/aromatic N) is 1. The molecule has 8 nitrogen and oxygen atoms in total. The van der Waals surface area contributed by atoms with Crippen molar-refractivity contribution in [3.05, 3.63) is 0 Å². The molecule has 0 aromatic heterocycles. The number of hydrogen-bond donors (Lipinski definition) is 4. The monoisotopic (exact) mass is 273 g/mol. The van der Waals surface area contributed by atoms with Crippen LogP contribution < -0.4 is 11.1 Å². The van der Waals surface area contributed by atoms with Crippen LogP contribution in [0.1, 0.15) is 20.3 Å². The number of β-amino-alcohol motifs (C(OH)–C–C–N with tert-alkyl or cyclic N) is 1. The highest BCUT2D eigenvalue weighted by atomic mass is 16.4. The fourth-order valence-electron chi connectivity index (χ4n) is 2.05. The second-order valence-corrected chi connectivity index (χ2v) is 4.97. The van der Waals surface area contributed by atoms with Gasteiger partial charge in [-0.15, -0.1) is 0 Å². The van der Waals surface area contributed by atoms with Gasteiger partial charge >= 0.3 is 12.0 Å². The number of amides is 3. The van der Waals surface area contributed by atoms with Crippen LogP contribution in [0, 0.1) is 5.92 Å². The molecule has 8 heteroatoms. The maximum absolute atomic E-state index is 12.0. The molecule has 0 saturated carbocycles. The number of aliphatic carboxylic acids is 1. The lowest BCUT2D eigenvalue weighted by Gasteiger charge is -2.26. The van der Waals surface area contributed by atoms with Crippen molar-refractivity contribution in [2.75, 3.05) is 6.54 Å². The summed E-state index contributed by atoms with van der Waals surface area (Å²) < 4.78 is 0. The van der Waals surface area contributed by atoms with Crippen LogP contribution in [0.5, 0.6) is 0 Å². The molecule has 1 saturated heterocycles. The predicted octanol–water partition coefficient (Wildman–Crippen LogP) is -1.27. The van der Waals surface area contributed by atoms with Crippen LogP contribution in [0.3, 0.4) is 0 Å². The summed E-state index contributed by atoms with van der Waals surface area (Å²) >= 11 is 0. The van der Waals surface area contributed by atoms with E-state index >= 15 is 0 Å². The van der Waals surface area contributed by atoms with Crippen LogP contribution in [-0.4, -0.2) is 57.8 Å². The Morgan fingerprint density at radius 2 is 1.95 bits per heavy atom. The van der Waals surface area contributed by atoms with E-state index in [0.29, 0.717) is 0 Å².